The summed E-state index contributed by atoms with van der Waals surface area (Å²) in [5.74, 6) is 0.526. The molecule has 4 nitrogen and oxygen atoms in total. The summed E-state index contributed by atoms with van der Waals surface area (Å²) in [6.45, 7) is 3.52. The number of aliphatic hydroxyl groups excluding tert-OH is 1. The normalized spacial score (nSPS) is 12.2. The van der Waals surface area contributed by atoms with Crippen molar-refractivity contribution in [3.05, 3.63) is 58.8 Å². The summed E-state index contributed by atoms with van der Waals surface area (Å²) in [7, 11) is 0. The maximum absolute atomic E-state index is 12.8. The number of halogens is 1. The summed E-state index contributed by atoms with van der Waals surface area (Å²) in [6.07, 6.45) is -0.882. The molecule has 0 aliphatic heterocycles. The first kappa shape index (κ1) is 14.3. The molecule has 1 aromatic carbocycles. The number of furan rings is 1. The molecule has 0 saturated heterocycles. The maximum atomic E-state index is 12.8. The predicted octanol–water partition coefficient (Wildman–Crippen LogP) is 2.50. The summed E-state index contributed by atoms with van der Waals surface area (Å²) in [6, 6.07) is 7.15. The molecule has 0 aliphatic carbocycles. The van der Waals surface area contributed by atoms with E-state index in [-0.39, 0.29) is 18.3 Å². The summed E-state index contributed by atoms with van der Waals surface area (Å²) < 4.78 is 18.0. The van der Waals surface area contributed by atoms with Crippen LogP contribution in [0.2, 0.25) is 0 Å². The summed E-state index contributed by atoms with van der Waals surface area (Å²) >= 11 is 0. The predicted molar refractivity (Wildman–Crippen MR) is 71.9 cm³/mol. The highest BCUT2D eigenvalue weighted by atomic mass is 19.1. The van der Waals surface area contributed by atoms with Crippen molar-refractivity contribution in [2.45, 2.75) is 20.0 Å². The SMILES string of the molecule is Cc1cc(C(=O)NCC(O)c2ccc(F)cc2)c(C)o1. The van der Waals surface area contributed by atoms with Crippen molar-refractivity contribution in [3.8, 4) is 0 Å². The molecule has 2 N–H and O–H groups in total. The average Bonchev–Trinajstić information content (AvgIpc) is 2.75. The van der Waals surface area contributed by atoms with Gasteiger partial charge >= 0.3 is 0 Å². The lowest BCUT2D eigenvalue weighted by molar-refractivity contribution is 0.0914. The van der Waals surface area contributed by atoms with Crippen molar-refractivity contribution in [3.63, 3.8) is 0 Å². The zero-order chi connectivity index (χ0) is 14.7. The summed E-state index contributed by atoms with van der Waals surface area (Å²) in [5, 5.41) is 12.5. The first-order valence-corrected chi connectivity index (χ1v) is 6.26. The third-order valence-corrected chi connectivity index (χ3v) is 3.00. The Hall–Kier alpha value is -2.14. The number of benzene rings is 1. The smallest absolute Gasteiger partial charge is 0.254 e. The first-order valence-electron chi connectivity index (χ1n) is 6.26. The third-order valence-electron chi connectivity index (χ3n) is 3.00. The van der Waals surface area contributed by atoms with Gasteiger partial charge in [0.25, 0.3) is 5.91 Å². The minimum absolute atomic E-state index is 0.0497. The number of carbonyl (C=O) groups excluding carboxylic acids is 1. The highest BCUT2D eigenvalue weighted by Crippen LogP contribution is 2.15. The largest absolute Gasteiger partial charge is 0.466 e. The van der Waals surface area contributed by atoms with Gasteiger partial charge in [-0.1, -0.05) is 12.1 Å². The number of aryl methyl sites for hydroxylation is 2. The van der Waals surface area contributed by atoms with Crippen molar-refractivity contribution >= 4 is 5.91 Å². The molecule has 1 unspecified atom stereocenters. The van der Waals surface area contributed by atoms with Crippen LogP contribution in [-0.4, -0.2) is 17.6 Å². The van der Waals surface area contributed by atoms with Crippen molar-refractivity contribution in [2.24, 2.45) is 0 Å². The molecule has 0 spiro atoms. The lowest BCUT2D eigenvalue weighted by Gasteiger charge is -2.12. The van der Waals surface area contributed by atoms with Crippen molar-refractivity contribution < 1.29 is 18.7 Å². The van der Waals surface area contributed by atoms with Gasteiger partial charge in [-0.3, -0.25) is 4.79 Å². The van der Waals surface area contributed by atoms with Crippen LogP contribution in [0, 0.1) is 19.7 Å². The van der Waals surface area contributed by atoms with Gasteiger partial charge in [0.1, 0.15) is 17.3 Å². The van der Waals surface area contributed by atoms with Gasteiger partial charge in [0.05, 0.1) is 11.7 Å². The molecule has 0 fully saturated rings. The van der Waals surface area contributed by atoms with E-state index in [0.29, 0.717) is 22.6 Å². The van der Waals surface area contributed by atoms with Crippen LogP contribution in [0.4, 0.5) is 4.39 Å². The molecule has 2 rings (SSSR count). The first-order chi connectivity index (χ1) is 9.47. The average molecular weight is 277 g/mol. The van der Waals surface area contributed by atoms with E-state index in [9.17, 15) is 14.3 Å². The standard InChI is InChI=1S/C15H16FNO3/c1-9-7-13(10(2)20-9)15(19)17-8-14(18)11-3-5-12(16)6-4-11/h3-7,14,18H,8H2,1-2H3,(H,17,19). The second kappa shape index (κ2) is 5.88. The highest BCUT2D eigenvalue weighted by molar-refractivity contribution is 5.95. The zero-order valence-corrected chi connectivity index (χ0v) is 11.3. The van der Waals surface area contributed by atoms with Crippen LogP contribution < -0.4 is 5.32 Å². The van der Waals surface area contributed by atoms with Crippen LogP contribution in [0.3, 0.4) is 0 Å². The Bertz CT molecular complexity index is 604. The van der Waals surface area contributed by atoms with Crippen LogP contribution in [0.1, 0.15) is 33.5 Å². The number of aliphatic hydroxyl groups is 1. The van der Waals surface area contributed by atoms with E-state index >= 15 is 0 Å². The molecule has 0 bridgehead atoms. The molecule has 1 atom stereocenters. The lowest BCUT2D eigenvalue weighted by atomic mass is 10.1. The van der Waals surface area contributed by atoms with Gasteiger partial charge in [-0.2, -0.15) is 0 Å². The Morgan fingerprint density at radius 1 is 1.35 bits per heavy atom. The van der Waals surface area contributed by atoms with E-state index in [1.54, 1.807) is 19.9 Å². The second-order valence-corrected chi connectivity index (χ2v) is 4.60. The minimum atomic E-state index is -0.882. The Kier molecular flexibility index (Phi) is 4.20. The topological polar surface area (TPSA) is 62.5 Å². The fraction of sp³-hybridized carbons (Fsp3) is 0.267. The lowest BCUT2D eigenvalue weighted by Crippen LogP contribution is -2.28. The maximum Gasteiger partial charge on any atom is 0.254 e. The highest BCUT2D eigenvalue weighted by Gasteiger charge is 2.15. The Labute approximate surface area is 116 Å². The molecule has 1 amide bonds. The van der Waals surface area contributed by atoms with E-state index in [1.807, 2.05) is 0 Å². The molecule has 1 aromatic heterocycles. The molecule has 20 heavy (non-hydrogen) atoms. The van der Waals surface area contributed by atoms with Crippen LogP contribution in [0.5, 0.6) is 0 Å². The molecule has 106 valence electrons. The number of rotatable bonds is 4. The van der Waals surface area contributed by atoms with Crippen LogP contribution in [0.25, 0.3) is 0 Å². The van der Waals surface area contributed by atoms with Gasteiger partial charge in [-0.15, -0.1) is 0 Å². The second-order valence-electron chi connectivity index (χ2n) is 4.60. The van der Waals surface area contributed by atoms with E-state index in [0.717, 1.165) is 0 Å². The number of carbonyl (C=O) groups is 1. The third kappa shape index (κ3) is 3.24. The number of nitrogens with one attached hydrogen (secondary N) is 1. The van der Waals surface area contributed by atoms with Gasteiger partial charge in [0, 0.05) is 6.54 Å². The van der Waals surface area contributed by atoms with Crippen LogP contribution >= 0.6 is 0 Å². The number of amides is 1. The Morgan fingerprint density at radius 2 is 2.00 bits per heavy atom. The minimum Gasteiger partial charge on any atom is -0.466 e. The quantitative estimate of drug-likeness (QED) is 0.902. The molecular weight excluding hydrogens is 261 g/mol. The van der Waals surface area contributed by atoms with Crippen molar-refractivity contribution in [1.29, 1.82) is 0 Å². The van der Waals surface area contributed by atoms with Gasteiger partial charge < -0.3 is 14.8 Å². The number of hydrogen-bond acceptors (Lipinski definition) is 3. The summed E-state index contributed by atoms with van der Waals surface area (Å²) in [5.41, 5.74) is 1.00. The van der Waals surface area contributed by atoms with Gasteiger partial charge in [0.15, 0.2) is 0 Å². The Balaban J connectivity index is 1.96. The molecule has 0 aliphatic rings. The van der Waals surface area contributed by atoms with Gasteiger partial charge in [0.2, 0.25) is 0 Å². The Morgan fingerprint density at radius 3 is 2.55 bits per heavy atom. The fourth-order valence-corrected chi connectivity index (χ4v) is 1.94. The van der Waals surface area contributed by atoms with Gasteiger partial charge in [-0.25, -0.2) is 4.39 Å². The molecule has 2 aromatic rings. The summed E-state index contributed by atoms with van der Waals surface area (Å²) in [4.78, 5) is 11.9. The fourth-order valence-electron chi connectivity index (χ4n) is 1.94. The zero-order valence-electron chi connectivity index (χ0n) is 11.3. The monoisotopic (exact) mass is 277 g/mol. The van der Waals surface area contributed by atoms with E-state index in [4.69, 9.17) is 4.42 Å². The molecule has 0 radical (unpaired) electrons. The van der Waals surface area contributed by atoms with E-state index in [1.165, 1.54) is 24.3 Å². The molecular formula is C15H16FNO3. The van der Waals surface area contributed by atoms with E-state index < -0.39 is 6.10 Å². The molecule has 0 saturated carbocycles. The van der Waals surface area contributed by atoms with Crippen molar-refractivity contribution in [2.75, 3.05) is 6.54 Å². The van der Waals surface area contributed by atoms with Crippen LogP contribution in [0.15, 0.2) is 34.7 Å². The van der Waals surface area contributed by atoms with Gasteiger partial charge in [-0.05, 0) is 37.6 Å². The molecule has 1 heterocycles. The van der Waals surface area contributed by atoms with Crippen molar-refractivity contribution in [1.82, 2.24) is 5.32 Å². The molecule has 5 heteroatoms. The van der Waals surface area contributed by atoms with E-state index in [2.05, 4.69) is 5.32 Å². The van der Waals surface area contributed by atoms with Crippen LogP contribution in [-0.2, 0) is 0 Å². The number of hydrogen-bond donors (Lipinski definition) is 2.